The number of furan rings is 1. The van der Waals surface area contributed by atoms with E-state index in [1.165, 1.54) is 0 Å². The Hall–Kier alpha value is -3.26. The zero-order valence-electron chi connectivity index (χ0n) is 15.9. The molecule has 0 saturated heterocycles. The molecule has 0 bridgehead atoms. The number of carbonyl (C=O) groups excluding carboxylic acids is 1. The van der Waals surface area contributed by atoms with E-state index in [9.17, 15) is 4.79 Å². The van der Waals surface area contributed by atoms with Crippen LogP contribution in [0, 0.1) is 0 Å². The molecule has 31 heavy (non-hydrogen) atoms. The highest BCUT2D eigenvalue weighted by Gasteiger charge is 2.15. The van der Waals surface area contributed by atoms with Crippen molar-refractivity contribution in [1.82, 2.24) is 10.3 Å². The third-order valence-electron chi connectivity index (χ3n) is 4.62. The van der Waals surface area contributed by atoms with Crippen LogP contribution >= 0.6 is 35.2 Å². The second-order valence-corrected chi connectivity index (χ2v) is 8.58. The van der Waals surface area contributed by atoms with E-state index >= 15 is 0 Å². The van der Waals surface area contributed by atoms with E-state index in [2.05, 4.69) is 15.6 Å². The number of thiazole rings is 1. The molecule has 5 aromatic rings. The standard InChI is InChI=1S/C23H14ClN3O2S2/c24-16-10-9-14(12-15(16)22-26-17-6-2-4-8-20(17)31-22)25-23(30)27-21(28)19-11-13-5-1-3-7-18(13)29-19/h1-12H,(H2,25,27,28,30). The molecule has 0 aliphatic rings. The Morgan fingerprint density at radius 2 is 1.84 bits per heavy atom. The van der Waals surface area contributed by atoms with Crippen molar-refractivity contribution in [2.45, 2.75) is 0 Å². The van der Waals surface area contributed by atoms with E-state index in [4.69, 9.17) is 28.2 Å². The molecule has 1 amide bonds. The summed E-state index contributed by atoms with van der Waals surface area (Å²) in [5.41, 5.74) is 3.04. The average Bonchev–Trinajstić information content (AvgIpc) is 3.39. The maximum atomic E-state index is 12.5. The van der Waals surface area contributed by atoms with E-state index < -0.39 is 5.91 Å². The van der Waals surface area contributed by atoms with Crippen LogP contribution in [0.2, 0.25) is 5.02 Å². The molecular weight excluding hydrogens is 450 g/mol. The molecule has 0 radical (unpaired) electrons. The lowest BCUT2D eigenvalue weighted by Crippen LogP contribution is -2.33. The second kappa shape index (κ2) is 8.11. The molecule has 5 nitrogen and oxygen atoms in total. The minimum atomic E-state index is -0.422. The van der Waals surface area contributed by atoms with Crippen LogP contribution in [0.3, 0.4) is 0 Å². The Bertz CT molecular complexity index is 1390. The summed E-state index contributed by atoms with van der Waals surface area (Å²) in [6.45, 7) is 0. The van der Waals surface area contributed by atoms with Crippen LogP contribution in [0.1, 0.15) is 10.6 Å². The molecule has 0 aliphatic heterocycles. The Kier molecular flexibility index (Phi) is 5.15. The molecule has 152 valence electrons. The van der Waals surface area contributed by atoms with E-state index in [0.717, 1.165) is 26.2 Å². The third-order valence-corrected chi connectivity index (χ3v) is 6.23. The summed E-state index contributed by atoms with van der Waals surface area (Å²) in [7, 11) is 0. The van der Waals surface area contributed by atoms with E-state index in [0.29, 0.717) is 16.3 Å². The predicted octanol–water partition coefficient (Wildman–Crippen LogP) is 6.49. The summed E-state index contributed by atoms with van der Waals surface area (Å²) in [5.74, 6) is -0.231. The number of hydrogen-bond donors (Lipinski definition) is 2. The molecule has 0 spiro atoms. The first-order valence-corrected chi connectivity index (χ1v) is 10.9. The van der Waals surface area contributed by atoms with Gasteiger partial charge in [0.05, 0.1) is 15.2 Å². The van der Waals surface area contributed by atoms with Gasteiger partial charge in [0, 0.05) is 16.6 Å². The largest absolute Gasteiger partial charge is 0.451 e. The third kappa shape index (κ3) is 4.03. The number of aromatic nitrogens is 1. The number of hydrogen-bond acceptors (Lipinski definition) is 5. The molecule has 2 N–H and O–H groups in total. The second-order valence-electron chi connectivity index (χ2n) is 6.74. The highest BCUT2D eigenvalue weighted by atomic mass is 35.5. The number of para-hydroxylation sites is 2. The lowest BCUT2D eigenvalue weighted by atomic mass is 10.2. The lowest BCUT2D eigenvalue weighted by Gasteiger charge is -2.10. The fourth-order valence-corrected chi connectivity index (χ4v) is 4.64. The number of amides is 1. The summed E-state index contributed by atoms with van der Waals surface area (Å²) < 4.78 is 6.66. The molecular formula is C23H14ClN3O2S2. The quantitative estimate of drug-likeness (QED) is 0.299. The molecule has 2 heterocycles. The van der Waals surface area contributed by atoms with Crippen molar-refractivity contribution in [3.8, 4) is 10.6 Å². The minimum absolute atomic E-state index is 0.156. The van der Waals surface area contributed by atoms with E-state index in [1.807, 2.05) is 48.5 Å². The van der Waals surface area contributed by atoms with Gasteiger partial charge in [-0.2, -0.15) is 0 Å². The van der Waals surface area contributed by atoms with Crippen LogP contribution in [0.25, 0.3) is 31.8 Å². The normalized spacial score (nSPS) is 11.0. The number of rotatable bonds is 3. The van der Waals surface area contributed by atoms with Crippen molar-refractivity contribution in [3.63, 3.8) is 0 Å². The Balaban J connectivity index is 1.34. The van der Waals surface area contributed by atoms with Gasteiger partial charge in [0.25, 0.3) is 5.91 Å². The first-order chi connectivity index (χ1) is 15.1. The fourth-order valence-electron chi connectivity index (χ4n) is 3.18. The van der Waals surface area contributed by atoms with Crippen molar-refractivity contribution in [2.75, 3.05) is 5.32 Å². The van der Waals surface area contributed by atoms with E-state index in [-0.39, 0.29) is 10.9 Å². The number of benzene rings is 3. The van der Waals surface area contributed by atoms with Gasteiger partial charge in [0.1, 0.15) is 10.6 Å². The monoisotopic (exact) mass is 463 g/mol. The highest BCUT2D eigenvalue weighted by molar-refractivity contribution is 7.80. The maximum absolute atomic E-state index is 12.5. The topological polar surface area (TPSA) is 67.2 Å². The number of nitrogens with one attached hydrogen (secondary N) is 2. The Morgan fingerprint density at radius 1 is 1.03 bits per heavy atom. The van der Waals surface area contributed by atoms with Crippen LogP contribution in [-0.4, -0.2) is 16.0 Å². The van der Waals surface area contributed by atoms with Gasteiger partial charge in [0.15, 0.2) is 10.9 Å². The van der Waals surface area contributed by atoms with Gasteiger partial charge in [0.2, 0.25) is 0 Å². The molecule has 0 atom stereocenters. The summed E-state index contributed by atoms with van der Waals surface area (Å²) >= 11 is 13.3. The molecule has 0 saturated carbocycles. The minimum Gasteiger partial charge on any atom is -0.451 e. The Labute approximate surface area is 191 Å². The molecule has 0 fully saturated rings. The van der Waals surface area contributed by atoms with Crippen LogP contribution in [0.4, 0.5) is 5.69 Å². The zero-order valence-corrected chi connectivity index (χ0v) is 18.3. The number of thiocarbonyl (C=S) groups is 1. The smallest absolute Gasteiger partial charge is 0.293 e. The highest BCUT2D eigenvalue weighted by Crippen LogP contribution is 2.35. The van der Waals surface area contributed by atoms with Gasteiger partial charge in [-0.1, -0.05) is 41.9 Å². The average molecular weight is 464 g/mol. The summed E-state index contributed by atoms with van der Waals surface area (Å²) in [6.07, 6.45) is 0. The molecule has 3 aromatic carbocycles. The van der Waals surface area contributed by atoms with Crippen molar-refractivity contribution >= 4 is 73.0 Å². The number of nitrogens with zero attached hydrogens (tertiary/aromatic N) is 1. The molecule has 0 aliphatic carbocycles. The zero-order chi connectivity index (χ0) is 21.4. The molecule has 8 heteroatoms. The van der Waals surface area contributed by atoms with E-state index in [1.54, 1.807) is 35.6 Å². The summed E-state index contributed by atoms with van der Waals surface area (Å²) in [5, 5.41) is 8.07. The Morgan fingerprint density at radius 3 is 2.68 bits per heavy atom. The van der Waals surface area contributed by atoms with Gasteiger partial charge < -0.3 is 9.73 Å². The number of carbonyl (C=O) groups is 1. The van der Waals surface area contributed by atoms with Crippen molar-refractivity contribution in [1.29, 1.82) is 0 Å². The summed E-state index contributed by atoms with van der Waals surface area (Å²) in [6, 6.07) is 22.4. The van der Waals surface area contributed by atoms with Crippen molar-refractivity contribution < 1.29 is 9.21 Å². The first-order valence-electron chi connectivity index (χ1n) is 9.33. The lowest BCUT2D eigenvalue weighted by molar-refractivity contribution is 0.0953. The number of fused-ring (bicyclic) bond motifs is 2. The number of halogens is 1. The maximum Gasteiger partial charge on any atom is 0.293 e. The molecule has 5 rings (SSSR count). The molecule has 0 unspecified atom stereocenters. The first kappa shape index (κ1) is 19.7. The SMILES string of the molecule is O=C(NC(=S)Nc1ccc(Cl)c(-c2nc3ccccc3s2)c1)c1cc2ccccc2o1. The van der Waals surface area contributed by atoms with Gasteiger partial charge >= 0.3 is 0 Å². The van der Waals surface area contributed by atoms with Gasteiger partial charge in [-0.25, -0.2) is 4.98 Å². The van der Waals surface area contributed by atoms with Gasteiger partial charge in [-0.3, -0.25) is 10.1 Å². The van der Waals surface area contributed by atoms with Crippen LogP contribution in [0.15, 0.2) is 77.2 Å². The van der Waals surface area contributed by atoms with Crippen LogP contribution in [0.5, 0.6) is 0 Å². The van der Waals surface area contributed by atoms with Gasteiger partial charge in [-0.05, 0) is 54.7 Å². The fraction of sp³-hybridized carbons (Fsp3) is 0. The molecule has 2 aromatic heterocycles. The van der Waals surface area contributed by atoms with Crippen molar-refractivity contribution in [2.24, 2.45) is 0 Å². The van der Waals surface area contributed by atoms with Crippen LogP contribution < -0.4 is 10.6 Å². The van der Waals surface area contributed by atoms with Crippen molar-refractivity contribution in [3.05, 3.63) is 83.6 Å². The predicted molar refractivity (Wildman–Crippen MR) is 130 cm³/mol. The van der Waals surface area contributed by atoms with Crippen LogP contribution in [-0.2, 0) is 0 Å². The van der Waals surface area contributed by atoms with Gasteiger partial charge in [-0.15, -0.1) is 11.3 Å². The number of anilines is 1. The summed E-state index contributed by atoms with van der Waals surface area (Å²) in [4.78, 5) is 17.2.